The lowest BCUT2D eigenvalue weighted by atomic mass is 10.2. The summed E-state index contributed by atoms with van der Waals surface area (Å²) in [4.78, 5) is 2.15. The van der Waals surface area contributed by atoms with E-state index in [1.807, 2.05) is 30.3 Å². The van der Waals surface area contributed by atoms with Crippen molar-refractivity contribution in [3.63, 3.8) is 0 Å². The van der Waals surface area contributed by atoms with E-state index >= 15 is 0 Å². The summed E-state index contributed by atoms with van der Waals surface area (Å²) in [5, 5.41) is 10.1. The molecule has 22 heavy (non-hydrogen) atoms. The van der Waals surface area contributed by atoms with Gasteiger partial charge in [0.2, 0.25) is 0 Å². The van der Waals surface area contributed by atoms with E-state index in [9.17, 15) is 5.11 Å². The number of benzene rings is 1. The zero-order chi connectivity index (χ0) is 15.6. The summed E-state index contributed by atoms with van der Waals surface area (Å²) in [6, 6.07) is 14.0. The minimum Gasteiger partial charge on any atom is -0.468 e. The van der Waals surface area contributed by atoms with Crippen molar-refractivity contribution in [3.8, 4) is 0 Å². The standard InChI is InChI=1S/C18H23NO3/c1-2-10-21-15-17(20)13-19(14-18-9-6-11-22-18)12-16-7-4-3-5-8-16/h2-9,11,17,20H,1,10,12-15H2. The molecule has 1 atom stereocenters. The molecule has 2 rings (SSSR count). The van der Waals surface area contributed by atoms with Gasteiger partial charge in [-0.15, -0.1) is 6.58 Å². The van der Waals surface area contributed by atoms with E-state index < -0.39 is 6.10 Å². The van der Waals surface area contributed by atoms with Gasteiger partial charge in [0.15, 0.2) is 0 Å². The fraction of sp³-hybridized carbons (Fsp3) is 0.333. The Kier molecular flexibility index (Phi) is 6.90. The van der Waals surface area contributed by atoms with Crippen LogP contribution in [0.25, 0.3) is 0 Å². The zero-order valence-electron chi connectivity index (χ0n) is 12.7. The number of nitrogens with zero attached hydrogens (tertiary/aromatic N) is 1. The summed E-state index contributed by atoms with van der Waals surface area (Å²) in [7, 11) is 0. The number of rotatable bonds is 10. The van der Waals surface area contributed by atoms with Gasteiger partial charge in [0.25, 0.3) is 0 Å². The Morgan fingerprint density at radius 3 is 2.68 bits per heavy atom. The Morgan fingerprint density at radius 1 is 1.18 bits per heavy atom. The van der Waals surface area contributed by atoms with Crippen LogP contribution < -0.4 is 0 Å². The van der Waals surface area contributed by atoms with Gasteiger partial charge in [-0.2, -0.15) is 0 Å². The SMILES string of the molecule is C=CCOCC(O)CN(Cc1ccccc1)Cc1ccco1. The van der Waals surface area contributed by atoms with Crippen LogP contribution in [0.4, 0.5) is 0 Å². The summed E-state index contributed by atoms with van der Waals surface area (Å²) in [6.45, 7) is 6.27. The fourth-order valence-electron chi connectivity index (χ4n) is 2.29. The minimum atomic E-state index is -0.543. The van der Waals surface area contributed by atoms with Crippen LogP contribution in [0.2, 0.25) is 0 Å². The highest BCUT2D eigenvalue weighted by atomic mass is 16.5. The molecular weight excluding hydrogens is 278 g/mol. The Balaban J connectivity index is 1.93. The van der Waals surface area contributed by atoms with Crippen molar-refractivity contribution in [2.45, 2.75) is 19.2 Å². The van der Waals surface area contributed by atoms with Crippen LogP contribution in [0.5, 0.6) is 0 Å². The summed E-state index contributed by atoms with van der Waals surface area (Å²) in [5.74, 6) is 0.884. The Labute approximate surface area is 131 Å². The Morgan fingerprint density at radius 2 is 2.00 bits per heavy atom. The molecule has 0 aliphatic rings. The Hall–Kier alpha value is -1.88. The first-order chi connectivity index (χ1) is 10.8. The first-order valence-electron chi connectivity index (χ1n) is 7.43. The molecule has 0 aliphatic carbocycles. The van der Waals surface area contributed by atoms with Crippen molar-refractivity contribution < 1.29 is 14.3 Å². The van der Waals surface area contributed by atoms with Gasteiger partial charge in [-0.05, 0) is 17.7 Å². The smallest absolute Gasteiger partial charge is 0.117 e. The summed E-state index contributed by atoms with van der Waals surface area (Å²) in [5.41, 5.74) is 1.20. The molecule has 0 spiro atoms. The van der Waals surface area contributed by atoms with Gasteiger partial charge in [0.05, 0.1) is 32.1 Å². The number of aliphatic hydroxyl groups is 1. The van der Waals surface area contributed by atoms with E-state index in [0.29, 0.717) is 26.3 Å². The lowest BCUT2D eigenvalue weighted by Gasteiger charge is -2.24. The molecule has 0 amide bonds. The number of aliphatic hydroxyl groups excluding tert-OH is 1. The number of furan rings is 1. The molecular formula is C18H23NO3. The van der Waals surface area contributed by atoms with Crippen LogP contribution >= 0.6 is 0 Å². The predicted molar refractivity (Wildman–Crippen MR) is 86.3 cm³/mol. The molecule has 0 radical (unpaired) electrons. The maximum Gasteiger partial charge on any atom is 0.117 e. The molecule has 2 aromatic rings. The highest BCUT2D eigenvalue weighted by Gasteiger charge is 2.14. The highest BCUT2D eigenvalue weighted by molar-refractivity contribution is 5.14. The monoisotopic (exact) mass is 301 g/mol. The van der Waals surface area contributed by atoms with Gasteiger partial charge in [0.1, 0.15) is 5.76 Å². The van der Waals surface area contributed by atoms with Gasteiger partial charge in [-0.25, -0.2) is 0 Å². The average Bonchev–Trinajstić information content (AvgIpc) is 3.01. The van der Waals surface area contributed by atoms with Gasteiger partial charge >= 0.3 is 0 Å². The minimum absolute atomic E-state index is 0.301. The highest BCUT2D eigenvalue weighted by Crippen LogP contribution is 2.11. The topological polar surface area (TPSA) is 45.8 Å². The molecule has 1 heterocycles. The average molecular weight is 301 g/mol. The molecule has 0 saturated carbocycles. The van der Waals surface area contributed by atoms with E-state index in [4.69, 9.17) is 9.15 Å². The molecule has 4 heteroatoms. The van der Waals surface area contributed by atoms with Crippen LogP contribution in [0.15, 0.2) is 65.8 Å². The van der Waals surface area contributed by atoms with E-state index in [2.05, 4.69) is 23.6 Å². The van der Waals surface area contributed by atoms with Crippen molar-refractivity contribution in [2.24, 2.45) is 0 Å². The van der Waals surface area contributed by atoms with Crippen LogP contribution in [0.1, 0.15) is 11.3 Å². The second-order valence-electron chi connectivity index (χ2n) is 5.21. The molecule has 0 aliphatic heterocycles. The molecule has 1 N–H and O–H groups in total. The molecule has 4 nitrogen and oxygen atoms in total. The van der Waals surface area contributed by atoms with E-state index in [1.54, 1.807) is 12.3 Å². The van der Waals surface area contributed by atoms with Gasteiger partial charge < -0.3 is 14.3 Å². The van der Waals surface area contributed by atoms with Crippen molar-refractivity contribution in [1.29, 1.82) is 0 Å². The van der Waals surface area contributed by atoms with Gasteiger partial charge in [0, 0.05) is 13.1 Å². The third-order valence-corrected chi connectivity index (χ3v) is 3.22. The summed E-state index contributed by atoms with van der Waals surface area (Å²) >= 11 is 0. The number of hydrogen-bond donors (Lipinski definition) is 1. The van der Waals surface area contributed by atoms with Crippen LogP contribution in [-0.4, -0.2) is 35.9 Å². The van der Waals surface area contributed by atoms with Crippen molar-refractivity contribution in [1.82, 2.24) is 4.90 Å². The Bertz CT molecular complexity index is 525. The molecule has 0 saturated heterocycles. The lowest BCUT2D eigenvalue weighted by Crippen LogP contribution is -2.34. The predicted octanol–water partition coefficient (Wildman–Crippen LogP) is 2.85. The summed E-state index contributed by atoms with van der Waals surface area (Å²) in [6.07, 6.45) is 2.80. The van der Waals surface area contributed by atoms with Crippen molar-refractivity contribution in [2.75, 3.05) is 19.8 Å². The largest absolute Gasteiger partial charge is 0.468 e. The lowest BCUT2D eigenvalue weighted by molar-refractivity contribution is 0.0216. The quantitative estimate of drug-likeness (QED) is 0.541. The molecule has 0 bridgehead atoms. The zero-order valence-corrected chi connectivity index (χ0v) is 12.7. The van der Waals surface area contributed by atoms with Crippen LogP contribution in [0, 0.1) is 0 Å². The third-order valence-electron chi connectivity index (χ3n) is 3.22. The molecule has 0 fully saturated rings. The maximum absolute atomic E-state index is 10.1. The first-order valence-corrected chi connectivity index (χ1v) is 7.43. The van der Waals surface area contributed by atoms with Crippen LogP contribution in [-0.2, 0) is 17.8 Å². The normalized spacial score (nSPS) is 12.5. The molecule has 118 valence electrons. The van der Waals surface area contributed by atoms with Crippen molar-refractivity contribution in [3.05, 3.63) is 72.7 Å². The van der Waals surface area contributed by atoms with Gasteiger partial charge in [-0.3, -0.25) is 4.90 Å². The maximum atomic E-state index is 10.1. The number of hydrogen-bond acceptors (Lipinski definition) is 4. The second-order valence-corrected chi connectivity index (χ2v) is 5.21. The summed E-state index contributed by atoms with van der Waals surface area (Å²) < 4.78 is 10.7. The fourth-order valence-corrected chi connectivity index (χ4v) is 2.29. The third kappa shape index (κ3) is 5.85. The first kappa shape index (κ1) is 16.5. The van der Waals surface area contributed by atoms with Gasteiger partial charge in [-0.1, -0.05) is 36.4 Å². The molecule has 1 aromatic heterocycles. The van der Waals surface area contributed by atoms with E-state index in [0.717, 1.165) is 12.3 Å². The molecule has 1 unspecified atom stereocenters. The van der Waals surface area contributed by atoms with Crippen LogP contribution in [0.3, 0.4) is 0 Å². The van der Waals surface area contributed by atoms with Crippen molar-refractivity contribution >= 4 is 0 Å². The van der Waals surface area contributed by atoms with E-state index in [-0.39, 0.29) is 0 Å². The number of ether oxygens (including phenoxy) is 1. The second kappa shape index (κ2) is 9.20. The van der Waals surface area contributed by atoms with E-state index in [1.165, 1.54) is 5.56 Å². The molecule has 1 aromatic carbocycles.